The second-order valence-electron chi connectivity index (χ2n) is 5.06. The number of benzene rings is 2. The van der Waals surface area contributed by atoms with Crippen LogP contribution in [0.1, 0.15) is 0 Å². The van der Waals surface area contributed by atoms with E-state index in [9.17, 15) is 0 Å². The van der Waals surface area contributed by atoms with Crippen LogP contribution in [0, 0.1) is 0 Å². The Labute approximate surface area is 150 Å². The normalized spacial score (nSPS) is 10.2. The van der Waals surface area contributed by atoms with Gasteiger partial charge in [0.15, 0.2) is 0 Å². The van der Waals surface area contributed by atoms with Crippen LogP contribution in [0.25, 0.3) is 0 Å². The molecule has 0 atom stereocenters. The van der Waals surface area contributed by atoms with E-state index in [0.29, 0.717) is 28.3 Å². The molecule has 0 fully saturated rings. The lowest BCUT2D eigenvalue weighted by atomic mass is 10.3. The van der Waals surface area contributed by atoms with Gasteiger partial charge in [0.25, 0.3) is 0 Å². The van der Waals surface area contributed by atoms with Crippen LogP contribution in [0.2, 0.25) is 5.02 Å². The van der Waals surface area contributed by atoms with E-state index < -0.39 is 0 Å². The molecule has 0 bridgehead atoms. The van der Waals surface area contributed by atoms with Crippen LogP contribution in [0.5, 0.6) is 11.5 Å². The van der Waals surface area contributed by atoms with E-state index in [4.69, 9.17) is 21.1 Å². The summed E-state index contributed by atoms with van der Waals surface area (Å²) >= 11 is 6.06. The standard InChI is InChI=1S/C18H17ClN4O2/c1-24-15-6-4-3-5-13(15)22-18-20-10-9-17(23-18)21-14-11-12(19)7-8-16(14)25-2/h3-11H,1-2H3,(H2,20,21,22,23). The Morgan fingerprint density at radius 2 is 1.64 bits per heavy atom. The fourth-order valence-corrected chi connectivity index (χ4v) is 2.44. The van der Waals surface area contributed by atoms with Gasteiger partial charge in [0, 0.05) is 11.2 Å². The molecule has 25 heavy (non-hydrogen) atoms. The Hall–Kier alpha value is -2.99. The maximum absolute atomic E-state index is 6.06. The zero-order valence-corrected chi connectivity index (χ0v) is 14.5. The van der Waals surface area contributed by atoms with Crippen molar-refractivity contribution in [1.82, 2.24) is 9.97 Å². The first-order valence-electron chi connectivity index (χ1n) is 7.53. The van der Waals surface area contributed by atoms with E-state index in [1.807, 2.05) is 24.3 Å². The number of rotatable bonds is 6. The van der Waals surface area contributed by atoms with Gasteiger partial charge < -0.3 is 20.1 Å². The van der Waals surface area contributed by atoms with Crippen LogP contribution >= 0.6 is 11.6 Å². The predicted molar refractivity (Wildman–Crippen MR) is 99.6 cm³/mol. The van der Waals surface area contributed by atoms with Crippen molar-refractivity contribution in [2.24, 2.45) is 0 Å². The zero-order valence-electron chi connectivity index (χ0n) is 13.8. The Bertz CT molecular complexity index is 873. The molecule has 3 aromatic rings. The molecule has 0 spiro atoms. The summed E-state index contributed by atoms with van der Waals surface area (Å²) in [6, 6.07) is 14.6. The lowest BCUT2D eigenvalue weighted by molar-refractivity contribution is 0.417. The lowest BCUT2D eigenvalue weighted by Crippen LogP contribution is -2.02. The number of nitrogens with one attached hydrogen (secondary N) is 2. The zero-order chi connectivity index (χ0) is 17.6. The molecule has 0 aliphatic carbocycles. The minimum atomic E-state index is 0.440. The van der Waals surface area contributed by atoms with Crippen molar-refractivity contribution in [3.05, 3.63) is 59.8 Å². The summed E-state index contributed by atoms with van der Waals surface area (Å²) in [5.41, 5.74) is 1.50. The van der Waals surface area contributed by atoms with Gasteiger partial charge in [-0.3, -0.25) is 0 Å². The second-order valence-corrected chi connectivity index (χ2v) is 5.50. The predicted octanol–water partition coefficient (Wildman–Crippen LogP) is 4.63. The number of methoxy groups -OCH3 is 2. The SMILES string of the molecule is COc1ccc(Cl)cc1Nc1ccnc(Nc2ccccc2OC)n1. The highest BCUT2D eigenvalue weighted by atomic mass is 35.5. The summed E-state index contributed by atoms with van der Waals surface area (Å²) in [4.78, 5) is 8.69. The Balaban J connectivity index is 1.84. The number of ether oxygens (including phenoxy) is 2. The first-order valence-corrected chi connectivity index (χ1v) is 7.91. The van der Waals surface area contributed by atoms with Crippen molar-refractivity contribution in [2.45, 2.75) is 0 Å². The monoisotopic (exact) mass is 356 g/mol. The number of hydrogen-bond donors (Lipinski definition) is 2. The van der Waals surface area contributed by atoms with Crippen molar-refractivity contribution >= 4 is 34.7 Å². The van der Waals surface area contributed by atoms with E-state index in [1.54, 1.807) is 44.7 Å². The van der Waals surface area contributed by atoms with Crippen molar-refractivity contribution in [2.75, 3.05) is 24.9 Å². The molecule has 0 aliphatic heterocycles. The van der Waals surface area contributed by atoms with E-state index in [-0.39, 0.29) is 0 Å². The highest BCUT2D eigenvalue weighted by Crippen LogP contribution is 2.30. The van der Waals surface area contributed by atoms with Gasteiger partial charge in [0.1, 0.15) is 17.3 Å². The van der Waals surface area contributed by atoms with Gasteiger partial charge >= 0.3 is 0 Å². The van der Waals surface area contributed by atoms with E-state index >= 15 is 0 Å². The molecule has 2 aromatic carbocycles. The molecule has 0 aliphatic rings. The van der Waals surface area contributed by atoms with Crippen LogP contribution in [-0.4, -0.2) is 24.2 Å². The first kappa shape index (κ1) is 16.9. The van der Waals surface area contributed by atoms with Gasteiger partial charge in [-0.15, -0.1) is 0 Å². The first-order chi connectivity index (χ1) is 12.2. The number of para-hydroxylation sites is 2. The maximum atomic E-state index is 6.06. The van der Waals surface area contributed by atoms with Gasteiger partial charge in [-0.1, -0.05) is 23.7 Å². The van der Waals surface area contributed by atoms with Crippen LogP contribution in [0.15, 0.2) is 54.7 Å². The maximum Gasteiger partial charge on any atom is 0.229 e. The number of hydrogen-bond acceptors (Lipinski definition) is 6. The molecule has 0 unspecified atom stereocenters. The molecule has 3 rings (SSSR count). The number of nitrogens with zero attached hydrogens (tertiary/aromatic N) is 2. The van der Waals surface area contributed by atoms with Gasteiger partial charge in [0.05, 0.1) is 25.6 Å². The number of anilines is 4. The topological polar surface area (TPSA) is 68.3 Å². The number of aromatic nitrogens is 2. The molecule has 2 N–H and O–H groups in total. The fraction of sp³-hybridized carbons (Fsp3) is 0.111. The summed E-state index contributed by atoms with van der Waals surface area (Å²) in [5, 5.41) is 6.93. The van der Waals surface area contributed by atoms with Crippen LogP contribution in [-0.2, 0) is 0 Å². The molecular weight excluding hydrogens is 340 g/mol. The molecule has 0 saturated carbocycles. The number of halogens is 1. The summed E-state index contributed by atoms with van der Waals surface area (Å²) < 4.78 is 10.7. The van der Waals surface area contributed by atoms with Crippen LogP contribution in [0.4, 0.5) is 23.1 Å². The van der Waals surface area contributed by atoms with Gasteiger partial charge in [-0.25, -0.2) is 4.98 Å². The molecule has 7 heteroatoms. The third-order valence-electron chi connectivity index (χ3n) is 3.43. The van der Waals surface area contributed by atoms with E-state index in [2.05, 4.69) is 20.6 Å². The van der Waals surface area contributed by atoms with Crippen LogP contribution < -0.4 is 20.1 Å². The molecular formula is C18H17ClN4O2. The van der Waals surface area contributed by atoms with Crippen molar-refractivity contribution in [3.63, 3.8) is 0 Å². The summed E-state index contributed by atoms with van der Waals surface area (Å²) in [7, 11) is 3.22. The summed E-state index contributed by atoms with van der Waals surface area (Å²) in [5.74, 6) is 2.42. The Morgan fingerprint density at radius 3 is 2.44 bits per heavy atom. The largest absolute Gasteiger partial charge is 0.495 e. The minimum Gasteiger partial charge on any atom is -0.495 e. The fourth-order valence-electron chi connectivity index (χ4n) is 2.27. The van der Waals surface area contributed by atoms with Gasteiger partial charge in [-0.2, -0.15) is 4.98 Å². The smallest absolute Gasteiger partial charge is 0.229 e. The van der Waals surface area contributed by atoms with E-state index in [1.165, 1.54) is 0 Å². The molecule has 128 valence electrons. The van der Waals surface area contributed by atoms with Crippen molar-refractivity contribution < 1.29 is 9.47 Å². The third kappa shape index (κ3) is 4.10. The molecule has 6 nitrogen and oxygen atoms in total. The summed E-state index contributed by atoms with van der Waals surface area (Å²) in [6.07, 6.45) is 1.66. The highest BCUT2D eigenvalue weighted by molar-refractivity contribution is 6.31. The Kier molecular flexibility index (Phi) is 5.20. The van der Waals surface area contributed by atoms with Gasteiger partial charge in [-0.05, 0) is 36.4 Å². The third-order valence-corrected chi connectivity index (χ3v) is 3.67. The second kappa shape index (κ2) is 7.72. The summed E-state index contributed by atoms with van der Waals surface area (Å²) in [6.45, 7) is 0. The average Bonchev–Trinajstić information content (AvgIpc) is 2.63. The molecule has 0 saturated heterocycles. The van der Waals surface area contributed by atoms with Crippen LogP contribution in [0.3, 0.4) is 0 Å². The highest BCUT2D eigenvalue weighted by Gasteiger charge is 2.08. The van der Waals surface area contributed by atoms with Crippen molar-refractivity contribution in [3.8, 4) is 11.5 Å². The van der Waals surface area contributed by atoms with E-state index in [0.717, 1.165) is 11.4 Å². The quantitative estimate of drug-likeness (QED) is 0.671. The Morgan fingerprint density at radius 1 is 0.880 bits per heavy atom. The minimum absolute atomic E-state index is 0.440. The molecule has 1 heterocycles. The average molecular weight is 357 g/mol. The molecule has 0 radical (unpaired) electrons. The van der Waals surface area contributed by atoms with Gasteiger partial charge in [0.2, 0.25) is 5.95 Å². The van der Waals surface area contributed by atoms with Crippen molar-refractivity contribution in [1.29, 1.82) is 0 Å². The lowest BCUT2D eigenvalue weighted by Gasteiger charge is -2.13. The molecule has 1 aromatic heterocycles. The molecule has 0 amide bonds.